The van der Waals surface area contributed by atoms with Crippen LogP contribution in [0.1, 0.15) is 35.6 Å². The van der Waals surface area contributed by atoms with Crippen molar-refractivity contribution in [3.05, 3.63) is 143 Å². The Balaban J connectivity index is 1.68. The molecule has 0 radical (unpaired) electrons. The molecule has 204 valence electrons. The number of nitrogens with one attached hydrogen (secondary N) is 2. The molecular weight excluding hydrogens is 513 g/mol. The summed E-state index contributed by atoms with van der Waals surface area (Å²) in [5.74, 6) is -0.220. The zero-order valence-electron chi connectivity index (χ0n) is 23.2. The summed E-state index contributed by atoms with van der Waals surface area (Å²) >= 11 is 1.54. The van der Waals surface area contributed by atoms with Crippen LogP contribution < -0.4 is 11.1 Å². The smallest absolute Gasteiger partial charge is 0.123 e. The summed E-state index contributed by atoms with van der Waals surface area (Å²) in [6.45, 7) is 20.8. The van der Waals surface area contributed by atoms with Gasteiger partial charge in [0.25, 0.3) is 0 Å². The molecule has 0 fully saturated rings. The number of fused-ring (bicyclic) bond motifs is 1. The lowest BCUT2D eigenvalue weighted by atomic mass is 9.91. The Morgan fingerprint density at radius 2 is 1.77 bits per heavy atom. The number of allylic oxidation sites excluding steroid dienone is 2. The highest BCUT2D eigenvalue weighted by atomic mass is 32.2. The van der Waals surface area contributed by atoms with Crippen molar-refractivity contribution in [1.82, 2.24) is 4.98 Å². The van der Waals surface area contributed by atoms with Crippen LogP contribution in [0.2, 0.25) is 0 Å². The van der Waals surface area contributed by atoms with Crippen molar-refractivity contribution < 1.29 is 4.39 Å². The van der Waals surface area contributed by atoms with Crippen LogP contribution in [-0.4, -0.2) is 4.98 Å². The highest BCUT2D eigenvalue weighted by Gasteiger charge is 2.17. The summed E-state index contributed by atoms with van der Waals surface area (Å²) in [5.41, 5.74) is 17.0. The van der Waals surface area contributed by atoms with Crippen LogP contribution in [0.3, 0.4) is 0 Å². The minimum Gasteiger partial charge on any atom is -0.399 e. The second-order valence-corrected chi connectivity index (χ2v) is 10.9. The van der Waals surface area contributed by atoms with Gasteiger partial charge in [-0.2, -0.15) is 0 Å². The Bertz CT molecular complexity index is 1620. The summed E-state index contributed by atoms with van der Waals surface area (Å²) in [6, 6.07) is 17.1. The van der Waals surface area contributed by atoms with Gasteiger partial charge in [-0.15, -0.1) is 0 Å². The van der Waals surface area contributed by atoms with E-state index in [2.05, 4.69) is 67.8 Å². The molecule has 0 aliphatic carbocycles. The van der Waals surface area contributed by atoms with E-state index in [9.17, 15) is 4.39 Å². The van der Waals surface area contributed by atoms with Crippen LogP contribution in [0, 0.1) is 12.7 Å². The summed E-state index contributed by atoms with van der Waals surface area (Å²) in [5, 5.41) is 6.55. The fraction of sp³-hybridized carbons (Fsp3) is 0.143. The van der Waals surface area contributed by atoms with E-state index < -0.39 is 0 Å². The molecule has 0 saturated heterocycles. The average Bonchev–Trinajstić information content (AvgIpc) is 3.35. The molecule has 4 N–H and O–H groups in total. The van der Waals surface area contributed by atoms with Crippen molar-refractivity contribution in [2.24, 2.45) is 5.73 Å². The second-order valence-electron chi connectivity index (χ2n) is 9.90. The van der Waals surface area contributed by atoms with E-state index in [1.807, 2.05) is 42.8 Å². The van der Waals surface area contributed by atoms with Crippen LogP contribution in [-0.2, 0) is 12.8 Å². The number of halogens is 1. The van der Waals surface area contributed by atoms with E-state index in [1.165, 1.54) is 12.1 Å². The van der Waals surface area contributed by atoms with Crippen molar-refractivity contribution in [1.29, 1.82) is 0 Å². The van der Waals surface area contributed by atoms with Gasteiger partial charge in [-0.1, -0.05) is 86.1 Å². The predicted octanol–water partition coefficient (Wildman–Crippen LogP) is 9.65. The first kappa shape index (κ1) is 28.8. The molecule has 0 amide bonds. The summed E-state index contributed by atoms with van der Waals surface area (Å²) < 4.78 is 13.3. The van der Waals surface area contributed by atoms with Gasteiger partial charge in [0.2, 0.25) is 0 Å². The molecule has 0 aliphatic heterocycles. The Kier molecular flexibility index (Phi) is 9.18. The van der Waals surface area contributed by atoms with Gasteiger partial charge in [0.1, 0.15) is 5.82 Å². The molecule has 0 aliphatic rings. The molecule has 5 heteroatoms. The topological polar surface area (TPSA) is 53.8 Å². The van der Waals surface area contributed by atoms with Crippen LogP contribution in [0.5, 0.6) is 0 Å². The lowest BCUT2D eigenvalue weighted by Crippen LogP contribution is -2.02. The van der Waals surface area contributed by atoms with E-state index in [0.717, 1.165) is 79.0 Å². The average molecular weight is 550 g/mol. The first-order valence-corrected chi connectivity index (χ1v) is 14.1. The van der Waals surface area contributed by atoms with Crippen LogP contribution in [0.25, 0.3) is 27.7 Å². The standard InChI is InChI=1S/C35H36FN3S/c1-7-19-40-26(6)25(5)39-33-10-8-9-30(23(33)3)32-18-17-31(24(4)37)35-34(32)28(21-38-35)20-22(2)11-12-27-13-15-29(36)16-14-27/h7-10,13-19,21,38-39H,2,4-6,11-12,20,37H2,1,3H3/b19-7-. The van der Waals surface area contributed by atoms with Crippen molar-refractivity contribution in [2.45, 2.75) is 33.1 Å². The Labute approximate surface area is 241 Å². The normalized spacial score (nSPS) is 11.2. The number of hydrogen-bond acceptors (Lipinski definition) is 3. The third kappa shape index (κ3) is 6.49. The maximum absolute atomic E-state index is 13.3. The fourth-order valence-electron chi connectivity index (χ4n) is 4.80. The minimum absolute atomic E-state index is 0.220. The summed E-state index contributed by atoms with van der Waals surface area (Å²) in [4.78, 5) is 4.32. The zero-order valence-corrected chi connectivity index (χ0v) is 24.1. The highest BCUT2D eigenvalue weighted by Crippen LogP contribution is 2.39. The van der Waals surface area contributed by atoms with E-state index in [-0.39, 0.29) is 5.82 Å². The Morgan fingerprint density at radius 3 is 2.48 bits per heavy atom. The molecule has 0 atom stereocenters. The van der Waals surface area contributed by atoms with Gasteiger partial charge in [-0.3, -0.25) is 0 Å². The first-order chi connectivity index (χ1) is 19.2. The molecule has 4 rings (SSSR count). The first-order valence-electron chi connectivity index (χ1n) is 13.2. The van der Waals surface area contributed by atoms with Gasteiger partial charge < -0.3 is 16.0 Å². The van der Waals surface area contributed by atoms with Gasteiger partial charge in [0.15, 0.2) is 0 Å². The monoisotopic (exact) mass is 549 g/mol. The number of anilines is 1. The molecule has 0 unspecified atom stereocenters. The van der Waals surface area contributed by atoms with Gasteiger partial charge in [0.05, 0.1) is 5.52 Å². The molecule has 3 nitrogen and oxygen atoms in total. The van der Waals surface area contributed by atoms with E-state index in [4.69, 9.17) is 5.73 Å². The summed E-state index contributed by atoms with van der Waals surface area (Å²) in [7, 11) is 0. The van der Waals surface area contributed by atoms with Crippen molar-refractivity contribution in [3.63, 3.8) is 0 Å². The quantitative estimate of drug-likeness (QED) is 0.122. The zero-order chi connectivity index (χ0) is 28.8. The third-order valence-electron chi connectivity index (χ3n) is 6.98. The van der Waals surface area contributed by atoms with Gasteiger partial charge in [-0.25, -0.2) is 4.39 Å². The molecule has 40 heavy (non-hydrogen) atoms. The Hall–Kier alpha value is -4.22. The molecule has 0 spiro atoms. The second kappa shape index (κ2) is 12.8. The van der Waals surface area contributed by atoms with Crippen molar-refractivity contribution in [3.8, 4) is 11.1 Å². The molecule has 1 aromatic heterocycles. The number of nitrogens with two attached hydrogens (primary N) is 1. The lowest BCUT2D eigenvalue weighted by Gasteiger charge is -2.17. The van der Waals surface area contributed by atoms with Crippen LogP contribution in [0.15, 0.2) is 115 Å². The number of rotatable bonds is 12. The van der Waals surface area contributed by atoms with Gasteiger partial charge >= 0.3 is 0 Å². The van der Waals surface area contributed by atoms with Crippen LogP contribution >= 0.6 is 11.8 Å². The van der Waals surface area contributed by atoms with Crippen LogP contribution in [0.4, 0.5) is 10.1 Å². The molecule has 3 aromatic carbocycles. The SMILES string of the molecule is C=C(CCc1ccc(F)cc1)Cc1c[nH]c2c(C(=C)N)ccc(-c3cccc(NC(=C)C(=C)S/C=C\C)c3C)c12. The minimum atomic E-state index is -0.220. The maximum atomic E-state index is 13.3. The van der Waals surface area contributed by atoms with Gasteiger partial charge in [0, 0.05) is 39.1 Å². The number of aryl methyl sites for hydroxylation is 1. The number of benzene rings is 3. The fourth-order valence-corrected chi connectivity index (χ4v) is 5.29. The number of aromatic nitrogens is 1. The maximum Gasteiger partial charge on any atom is 0.123 e. The van der Waals surface area contributed by atoms with Crippen molar-refractivity contribution in [2.75, 3.05) is 5.32 Å². The number of H-pyrrole nitrogens is 1. The van der Waals surface area contributed by atoms with E-state index in [0.29, 0.717) is 12.1 Å². The molecule has 0 saturated carbocycles. The van der Waals surface area contributed by atoms with Gasteiger partial charge in [-0.05, 0) is 84.5 Å². The predicted molar refractivity (Wildman–Crippen MR) is 174 cm³/mol. The largest absolute Gasteiger partial charge is 0.399 e. The van der Waals surface area contributed by atoms with Crippen molar-refractivity contribution >= 4 is 34.0 Å². The third-order valence-corrected chi connectivity index (χ3v) is 7.92. The molecular formula is C35H36FN3S. The number of thioether (sulfide) groups is 1. The van der Waals surface area contributed by atoms with E-state index in [1.54, 1.807) is 11.8 Å². The molecule has 1 heterocycles. The number of hydrogen-bond donors (Lipinski definition) is 3. The summed E-state index contributed by atoms with van der Waals surface area (Å²) in [6.07, 6.45) is 6.36. The molecule has 4 aromatic rings. The molecule has 0 bridgehead atoms. The van der Waals surface area contributed by atoms with E-state index >= 15 is 0 Å². The highest BCUT2D eigenvalue weighted by molar-refractivity contribution is 8.06. The lowest BCUT2D eigenvalue weighted by molar-refractivity contribution is 0.627. The number of aromatic amines is 1. The Morgan fingerprint density at radius 1 is 1.02 bits per heavy atom.